The molecule has 0 bridgehead atoms. The first kappa shape index (κ1) is 15.9. The maximum Gasteiger partial charge on any atom is 0.323 e. The molecule has 0 saturated carbocycles. The van der Waals surface area contributed by atoms with Crippen molar-refractivity contribution in [1.29, 1.82) is 0 Å². The van der Waals surface area contributed by atoms with E-state index in [1.807, 2.05) is 27.7 Å². The Morgan fingerprint density at radius 2 is 1.82 bits per heavy atom. The molecule has 5 heteroatoms. The minimum Gasteiger partial charge on any atom is -0.480 e. The monoisotopic (exact) mass is 244 g/mol. The molecule has 0 unspecified atom stereocenters. The van der Waals surface area contributed by atoms with Crippen LogP contribution in [0.25, 0.3) is 0 Å². The van der Waals surface area contributed by atoms with E-state index in [1.54, 1.807) is 0 Å². The molecule has 5 nitrogen and oxygen atoms in total. The highest BCUT2D eigenvalue weighted by Crippen LogP contribution is 2.03. The quantitative estimate of drug-likeness (QED) is 0.627. The number of aliphatic carboxylic acids is 1. The highest BCUT2D eigenvalue weighted by Gasteiger charge is 2.18. The van der Waals surface area contributed by atoms with Crippen molar-refractivity contribution in [3.05, 3.63) is 0 Å². The highest BCUT2D eigenvalue weighted by atomic mass is 16.4. The SMILES string of the molecule is CC(C)NCCCC(=O)N(CC(=O)O)C(C)C. The predicted octanol–water partition coefficient (Wildman–Crippen LogP) is 1.09. The number of hydrogen-bond acceptors (Lipinski definition) is 3. The fraction of sp³-hybridized carbons (Fsp3) is 0.833. The van der Waals surface area contributed by atoms with Gasteiger partial charge in [-0.15, -0.1) is 0 Å². The third-order valence-corrected chi connectivity index (χ3v) is 2.37. The first-order chi connectivity index (χ1) is 7.84. The molecule has 0 heterocycles. The molecule has 1 amide bonds. The van der Waals surface area contributed by atoms with Gasteiger partial charge in [0.1, 0.15) is 6.54 Å². The van der Waals surface area contributed by atoms with Crippen molar-refractivity contribution in [2.75, 3.05) is 13.1 Å². The van der Waals surface area contributed by atoms with Crippen molar-refractivity contribution in [2.24, 2.45) is 0 Å². The first-order valence-electron chi connectivity index (χ1n) is 6.09. The summed E-state index contributed by atoms with van der Waals surface area (Å²) in [5.41, 5.74) is 0. The van der Waals surface area contributed by atoms with Gasteiger partial charge >= 0.3 is 5.97 Å². The van der Waals surface area contributed by atoms with Crippen LogP contribution in [-0.4, -0.2) is 47.1 Å². The molecular weight excluding hydrogens is 220 g/mol. The predicted molar refractivity (Wildman–Crippen MR) is 66.9 cm³/mol. The van der Waals surface area contributed by atoms with Crippen LogP contribution >= 0.6 is 0 Å². The van der Waals surface area contributed by atoms with Crippen molar-refractivity contribution < 1.29 is 14.7 Å². The smallest absolute Gasteiger partial charge is 0.323 e. The molecule has 0 aliphatic carbocycles. The zero-order valence-corrected chi connectivity index (χ0v) is 11.2. The van der Waals surface area contributed by atoms with Gasteiger partial charge in [-0.1, -0.05) is 13.8 Å². The Morgan fingerprint density at radius 3 is 2.24 bits per heavy atom. The second kappa shape index (κ2) is 8.06. The molecule has 0 atom stereocenters. The molecule has 0 aromatic carbocycles. The lowest BCUT2D eigenvalue weighted by Gasteiger charge is -2.25. The maximum atomic E-state index is 11.8. The molecule has 17 heavy (non-hydrogen) atoms. The maximum absolute atomic E-state index is 11.8. The molecule has 100 valence electrons. The Balaban J connectivity index is 4.02. The summed E-state index contributed by atoms with van der Waals surface area (Å²) >= 11 is 0. The number of hydrogen-bond donors (Lipinski definition) is 2. The summed E-state index contributed by atoms with van der Waals surface area (Å²) in [4.78, 5) is 23.8. The normalized spacial score (nSPS) is 10.9. The molecule has 0 fully saturated rings. The molecule has 0 spiro atoms. The molecule has 0 aromatic rings. The Kier molecular flexibility index (Phi) is 7.54. The fourth-order valence-corrected chi connectivity index (χ4v) is 1.48. The van der Waals surface area contributed by atoms with Gasteiger partial charge in [-0.3, -0.25) is 9.59 Å². The van der Waals surface area contributed by atoms with Gasteiger partial charge in [-0.05, 0) is 26.8 Å². The number of rotatable bonds is 8. The van der Waals surface area contributed by atoms with E-state index in [1.165, 1.54) is 4.90 Å². The summed E-state index contributed by atoms with van der Waals surface area (Å²) in [6.45, 7) is 8.32. The number of carboxylic acid groups (broad SMARTS) is 1. The van der Waals surface area contributed by atoms with Crippen molar-refractivity contribution in [3.8, 4) is 0 Å². The minimum absolute atomic E-state index is 0.0725. The molecule has 0 aromatic heterocycles. The number of nitrogens with one attached hydrogen (secondary N) is 1. The van der Waals surface area contributed by atoms with E-state index in [0.29, 0.717) is 12.5 Å². The van der Waals surface area contributed by atoms with Gasteiger partial charge in [0, 0.05) is 18.5 Å². The summed E-state index contributed by atoms with van der Waals surface area (Å²) in [7, 11) is 0. The molecule has 0 aliphatic rings. The van der Waals surface area contributed by atoms with E-state index < -0.39 is 5.97 Å². The molecule has 0 rings (SSSR count). The zero-order valence-electron chi connectivity index (χ0n) is 11.2. The first-order valence-corrected chi connectivity index (χ1v) is 6.09. The van der Waals surface area contributed by atoms with Gasteiger partial charge in [-0.2, -0.15) is 0 Å². The topological polar surface area (TPSA) is 69.6 Å². The van der Waals surface area contributed by atoms with Crippen molar-refractivity contribution >= 4 is 11.9 Å². The standard InChI is InChI=1S/C12H24N2O3/c1-9(2)13-7-5-6-11(15)14(10(3)4)8-12(16)17/h9-10,13H,5-8H2,1-4H3,(H,16,17). The lowest BCUT2D eigenvalue weighted by atomic mass is 10.2. The second-order valence-electron chi connectivity index (χ2n) is 4.72. The van der Waals surface area contributed by atoms with E-state index >= 15 is 0 Å². The van der Waals surface area contributed by atoms with Gasteiger partial charge in [0.2, 0.25) is 5.91 Å². The lowest BCUT2D eigenvalue weighted by molar-refractivity contribution is -0.145. The van der Waals surface area contributed by atoms with Crippen molar-refractivity contribution in [3.63, 3.8) is 0 Å². The van der Waals surface area contributed by atoms with Crippen LogP contribution in [0.4, 0.5) is 0 Å². The van der Waals surface area contributed by atoms with Crippen LogP contribution in [0.3, 0.4) is 0 Å². The largest absolute Gasteiger partial charge is 0.480 e. The lowest BCUT2D eigenvalue weighted by Crippen LogP contribution is -2.40. The Labute approximate surface area is 103 Å². The van der Waals surface area contributed by atoms with Crippen LogP contribution < -0.4 is 5.32 Å². The Bertz CT molecular complexity index is 252. The Morgan fingerprint density at radius 1 is 1.24 bits per heavy atom. The van der Waals surface area contributed by atoms with Gasteiger partial charge in [0.25, 0.3) is 0 Å². The number of nitrogens with zero attached hydrogens (tertiary/aromatic N) is 1. The summed E-state index contributed by atoms with van der Waals surface area (Å²) in [5.74, 6) is -1.06. The molecule has 0 radical (unpaired) electrons. The molecule has 0 saturated heterocycles. The molecular formula is C12H24N2O3. The van der Waals surface area contributed by atoms with Crippen molar-refractivity contribution in [1.82, 2.24) is 10.2 Å². The van der Waals surface area contributed by atoms with Crippen LogP contribution in [0.2, 0.25) is 0 Å². The summed E-state index contributed by atoms with van der Waals surface area (Å²) < 4.78 is 0. The number of carbonyl (C=O) groups excluding carboxylic acids is 1. The van der Waals surface area contributed by atoms with Gasteiger partial charge < -0.3 is 15.3 Å². The average Bonchev–Trinajstić information content (AvgIpc) is 2.19. The number of amides is 1. The van der Waals surface area contributed by atoms with Crippen molar-refractivity contribution in [2.45, 2.75) is 52.6 Å². The average molecular weight is 244 g/mol. The van der Waals surface area contributed by atoms with E-state index in [9.17, 15) is 9.59 Å². The minimum atomic E-state index is -0.965. The number of carbonyl (C=O) groups is 2. The molecule has 0 aliphatic heterocycles. The molecule has 2 N–H and O–H groups in total. The van der Waals surface area contributed by atoms with Gasteiger partial charge in [0.15, 0.2) is 0 Å². The summed E-state index contributed by atoms with van der Waals surface area (Å²) in [6, 6.07) is 0.335. The van der Waals surface area contributed by atoms with Gasteiger partial charge in [-0.25, -0.2) is 0 Å². The van der Waals surface area contributed by atoms with Crippen LogP contribution in [-0.2, 0) is 9.59 Å². The van der Waals surface area contributed by atoms with E-state index in [2.05, 4.69) is 5.32 Å². The van der Waals surface area contributed by atoms with Gasteiger partial charge in [0.05, 0.1) is 0 Å². The van der Waals surface area contributed by atoms with E-state index in [-0.39, 0.29) is 18.5 Å². The number of carboxylic acids is 1. The van der Waals surface area contributed by atoms with E-state index in [4.69, 9.17) is 5.11 Å². The van der Waals surface area contributed by atoms with Crippen LogP contribution in [0.5, 0.6) is 0 Å². The second-order valence-corrected chi connectivity index (χ2v) is 4.72. The van der Waals surface area contributed by atoms with Crippen LogP contribution in [0, 0.1) is 0 Å². The zero-order chi connectivity index (χ0) is 13.4. The third kappa shape index (κ3) is 7.74. The van der Waals surface area contributed by atoms with Crippen LogP contribution in [0.1, 0.15) is 40.5 Å². The highest BCUT2D eigenvalue weighted by molar-refractivity contribution is 5.81. The summed E-state index contributed by atoms with van der Waals surface area (Å²) in [5, 5.41) is 11.9. The fourth-order valence-electron chi connectivity index (χ4n) is 1.48. The summed E-state index contributed by atoms with van der Waals surface area (Å²) in [6.07, 6.45) is 1.13. The Hall–Kier alpha value is -1.10. The van der Waals surface area contributed by atoms with E-state index in [0.717, 1.165) is 13.0 Å². The third-order valence-electron chi connectivity index (χ3n) is 2.37. The van der Waals surface area contributed by atoms with Crippen LogP contribution in [0.15, 0.2) is 0 Å².